The van der Waals surface area contributed by atoms with Gasteiger partial charge >= 0.3 is 6.09 Å². The molecule has 1 unspecified atom stereocenters. The number of rotatable bonds is 5. The second-order valence-corrected chi connectivity index (χ2v) is 15.9. The number of nitrogens with zero attached hydrogens (tertiary/aromatic N) is 3. The van der Waals surface area contributed by atoms with E-state index in [-0.39, 0.29) is 11.6 Å². The van der Waals surface area contributed by atoms with Crippen molar-refractivity contribution in [1.82, 2.24) is 14.7 Å². The quantitative estimate of drug-likeness (QED) is 0.681. The predicted molar refractivity (Wildman–Crippen MR) is 111 cm³/mol. The van der Waals surface area contributed by atoms with E-state index < -0.39 is 25.5 Å². The predicted octanol–water partition coefficient (Wildman–Crippen LogP) is 4.33. The molecule has 0 spiro atoms. The highest BCUT2D eigenvalue weighted by Crippen LogP contribution is 2.38. The van der Waals surface area contributed by atoms with Crippen molar-refractivity contribution in [2.24, 2.45) is 7.05 Å². The Balaban J connectivity index is 3.10. The molecule has 26 heavy (non-hydrogen) atoms. The van der Waals surface area contributed by atoms with Gasteiger partial charge in [-0.05, 0) is 41.7 Å². The van der Waals surface area contributed by atoms with Crippen LogP contribution in [0.5, 0.6) is 0 Å². The largest absolute Gasteiger partial charge is 0.444 e. The maximum atomic E-state index is 12.8. The normalized spacial score (nSPS) is 14.3. The number of amides is 1. The Kier molecular flexibility index (Phi) is 7.15. The molecule has 6 nitrogen and oxygen atoms in total. The maximum absolute atomic E-state index is 12.8. The maximum Gasteiger partial charge on any atom is 0.410 e. The minimum atomic E-state index is -2.03. The van der Waals surface area contributed by atoms with Gasteiger partial charge in [-0.2, -0.15) is 5.10 Å². The van der Waals surface area contributed by atoms with Gasteiger partial charge in [-0.3, -0.25) is 4.68 Å². The Morgan fingerprint density at radius 1 is 1.35 bits per heavy atom. The molecule has 1 aromatic heterocycles. The van der Waals surface area contributed by atoms with Gasteiger partial charge in [0.2, 0.25) is 0 Å². The van der Waals surface area contributed by atoms with Crippen LogP contribution in [-0.2, 0) is 18.3 Å². The van der Waals surface area contributed by atoms with E-state index in [1.165, 1.54) is 0 Å². The Bertz CT molecular complexity index is 613. The smallest absolute Gasteiger partial charge is 0.410 e. The summed E-state index contributed by atoms with van der Waals surface area (Å²) in [5, 5.41) is 15.2. The van der Waals surface area contributed by atoms with E-state index in [1.54, 1.807) is 15.8 Å². The number of hydrogen-bond donors (Lipinski definition) is 1. The Hall–Kier alpha value is -0.863. The standard InChI is InChI=1S/C18H34BrN3O3Si/c1-17(2,3)25-16(24)22(11-14-13(19)10-20-21(14)7)12-15(23)26(8,9)18(4,5)6/h10,15,23H,11-12H2,1-9H3. The molecule has 150 valence electrons. The van der Waals surface area contributed by atoms with Crippen molar-refractivity contribution in [2.45, 2.75) is 77.5 Å². The van der Waals surface area contributed by atoms with E-state index in [9.17, 15) is 9.90 Å². The highest BCUT2D eigenvalue weighted by molar-refractivity contribution is 9.10. The highest BCUT2D eigenvalue weighted by Gasteiger charge is 2.43. The van der Waals surface area contributed by atoms with Crippen LogP contribution in [-0.4, -0.2) is 51.8 Å². The Morgan fingerprint density at radius 3 is 2.27 bits per heavy atom. The fraction of sp³-hybridized carbons (Fsp3) is 0.778. The van der Waals surface area contributed by atoms with Gasteiger partial charge in [-0.1, -0.05) is 33.9 Å². The Morgan fingerprint density at radius 2 is 1.88 bits per heavy atom. The molecule has 0 aliphatic carbocycles. The minimum absolute atomic E-state index is 0.0130. The number of ether oxygens (including phenoxy) is 1. The van der Waals surface area contributed by atoms with Gasteiger partial charge in [0.05, 0.1) is 36.7 Å². The van der Waals surface area contributed by atoms with Crippen molar-refractivity contribution in [3.63, 3.8) is 0 Å². The van der Waals surface area contributed by atoms with Gasteiger partial charge in [-0.25, -0.2) is 4.79 Å². The van der Waals surface area contributed by atoms with Crippen LogP contribution < -0.4 is 0 Å². The lowest BCUT2D eigenvalue weighted by atomic mass is 10.2. The third kappa shape index (κ3) is 5.82. The van der Waals surface area contributed by atoms with Crippen LogP contribution >= 0.6 is 15.9 Å². The number of carbonyl (C=O) groups is 1. The summed E-state index contributed by atoms with van der Waals surface area (Å²) in [7, 11) is -0.201. The monoisotopic (exact) mass is 447 g/mol. The van der Waals surface area contributed by atoms with Crippen molar-refractivity contribution in [2.75, 3.05) is 6.54 Å². The van der Waals surface area contributed by atoms with Crippen molar-refractivity contribution in [3.05, 3.63) is 16.4 Å². The number of aromatic nitrogens is 2. The molecule has 1 rings (SSSR count). The first-order valence-electron chi connectivity index (χ1n) is 8.88. The van der Waals surface area contributed by atoms with Crippen LogP contribution in [0.15, 0.2) is 10.7 Å². The van der Waals surface area contributed by atoms with Crippen LogP contribution in [0, 0.1) is 0 Å². The van der Waals surface area contributed by atoms with Gasteiger partial charge in [0.15, 0.2) is 0 Å². The molecule has 0 bridgehead atoms. The van der Waals surface area contributed by atoms with Gasteiger partial charge < -0.3 is 14.7 Å². The van der Waals surface area contributed by atoms with E-state index in [1.807, 2.05) is 27.8 Å². The van der Waals surface area contributed by atoms with Gasteiger partial charge in [0, 0.05) is 13.6 Å². The van der Waals surface area contributed by atoms with Crippen LogP contribution in [0.25, 0.3) is 0 Å². The first-order valence-corrected chi connectivity index (χ1v) is 12.8. The average Bonchev–Trinajstić information content (AvgIpc) is 2.74. The first-order chi connectivity index (χ1) is 11.6. The van der Waals surface area contributed by atoms with Crippen LogP contribution in [0.2, 0.25) is 18.1 Å². The Labute approximate surface area is 167 Å². The van der Waals surface area contributed by atoms with Crippen molar-refractivity contribution >= 4 is 30.1 Å². The number of aryl methyl sites for hydroxylation is 1. The van der Waals surface area contributed by atoms with Crippen LogP contribution in [0.3, 0.4) is 0 Å². The third-order valence-electron chi connectivity index (χ3n) is 5.16. The molecule has 0 aliphatic rings. The van der Waals surface area contributed by atoms with E-state index in [0.717, 1.165) is 10.2 Å². The summed E-state index contributed by atoms with van der Waals surface area (Å²) in [4.78, 5) is 14.4. The SMILES string of the molecule is Cn1ncc(Br)c1CN(CC(O)[Si](C)(C)C(C)(C)C)C(=O)OC(C)(C)C. The fourth-order valence-electron chi connectivity index (χ4n) is 2.26. The van der Waals surface area contributed by atoms with Crippen molar-refractivity contribution in [1.29, 1.82) is 0 Å². The summed E-state index contributed by atoms with van der Waals surface area (Å²) in [6.07, 6.45) is 1.27. The molecule has 8 heteroatoms. The second kappa shape index (κ2) is 8.02. The summed E-state index contributed by atoms with van der Waals surface area (Å²) in [5.41, 5.74) is -0.304. The van der Waals surface area contributed by atoms with Gasteiger partial charge in [0.1, 0.15) is 5.60 Å². The highest BCUT2D eigenvalue weighted by atomic mass is 79.9. The van der Waals surface area contributed by atoms with Crippen LogP contribution in [0.1, 0.15) is 47.2 Å². The lowest BCUT2D eigenvalue weighted by Gasteiger charge is -2.42. The van der Waals surface area contributed by atoms with Crippen molar-refractivity contribution in [3.8, 4) is 0 Å². The zero-order valence-electron chi connectivity index (χ0n) is 17.6. The molecule has 1 heterocycles. The zero-order valence-corrected chi connectivity index (χ0v) is 20.1. The minimum Gasteiger partial charge on any atom is -0.444 e. The first kappa shape index (κ1) is 23.2. The molecule has 0 aromatic carbocycles. The lowest BCUT2D eigenvalue weighted by Crippen LogP contribution is -2.55. The molecule has 0 aliphatic heterocycles. The summed E-state index contributed by atoms with van der Waals surface area (Å²) >= 11 is 3.48. The molecular weight excluding hydrogens is 414 g/mol. The number of carbonyl (C=O) groups excluding carboxylic acids is 1. The summed E-state index contributed by atoms with van der Waals surface area (Å²) in [6, 6.07) is 0. The second-order valence-electron chi connectivity index (χ2n) is 9.41. The third-order valence-corrected chi connectivity index (χ3v) is 11.5. The van der Waals surface area contributed by atoms with E-state index in [4.69, 9.17) is 4.74 Å². The van der Waals surface area contributed by atoms with Gasteiger partial charge in [0.25, 0.3) is 0 Å². The molecular formula is C18H34BrN3O3Si. The van der Waals surface area contributed by atoms with E-state index in [0.29, 0.717) is 6.54 Å². The fourth-order valence-corrected chi connectivity index (χ4v) is 4.41. The zero-order chi connectivity index (χ0) is 20.5. The molecule has 1 atom stereocenters. The van der Waals surface area contributed by atoms with Crippen molar-refractivity contribution < 1.29 is 14.6 Å². The molecule has 1 aromatic rings. The molecule has 0 saturated heterocycles. The van der Waals surface area contributed by atoms with E-state index >= 15 is 0 Å². The number of hydrogen-bond acceptors (Lipinski definition) is 4. The molecule has 1 N–H and O–H groups in total. The number of aliphatic hydroxyl groups is 1. The number of halogens is 1. The van der Waals surface area contributed by atoms with Crippen LogP contribution in [0.4, 0.5) is 4.79 Å². The average molecular weight is 448 g/mol. The molecule has 0 saturated carbocycles. The van der Waals surface area contributed by atoms with E-state index in [2.05, 4.69) is 54.9 Å². The lowest BCUT2D eigenvalue weighted by molar-refractivity contribution is 0.0169. The number of aliphatic hydroxyl groups excluding tert-OH is 1. The van der Waals surface area contributed by atoms with Gasteiger partial charge in [-0.15, -0.1) is 0 Å². The molecule has 0 radical (unpaired) electrons. The summed E-state index contributed by atoms with van der Waals surface area (Å²) in [6.45, 7) is 16.8. The molecule has 0 fully saturated rings. The summed E-state index contributed by atoms with van der Waals surface area (Å²) in [5.74, 6) is 0. The summed E-state index contributed by atoms with van der Waals surface area (Å²) < 4.78 is 8.13. The molecule has 1 amide bonds. The topological polar surface area (TPSA) is 67.6 Å².